The topological polar surface area (TPSA) is 79.0 Å². The monoisotopic (exact) mass is 438 g/mol. The second-order valence-electron chi connectivity index (χ2n) is 7.11. The number of sulfone groups is 1. The molecule has 0 bridgehead atoms. The summed E-state index contributed by atoms with van der Waals surface area (Å²) in [5.41, 5.74) is 8.32. The number of piperazine rings is 1. The van der Waals surface area contributed by atoms with Crippen molar-refractivity contribution in [2.45, 2.75) is 12.3 Å². The Labute approximate surface area is 175 Å². The minimum Gasteiger partial charge on any atom is -0.370 e. The maximum atomic E-state index is 13.6. The van der Waals surface area contributed by atoms with Crippen LogP contribution in [0.15, 0.2) is 47.5 Å². The first-order chi connectivity index (χ1) is 13.7. The van der Waals surface area contributed by atoms with Crippen LogP contribution in [0.5, 0.6) is 0 Å². The van der Waals surface area contributed by atoms with Gasteiger partial charge in [-0.1, -0.05) is 17.7 Å². The number of hydrogen-bond donors (Lipinski definition) is 1. The van der Waals surface area contributed by atoms with Crippen LogP contribution in [0.25, 0.3) is 0 Å². The molecule has 0 aromatic heterocycles. The smallest absolute Gasteiger partial charge is 0.191 e. The largest absolute Gasteiger partial charge is 0.370 e. The molecule has 1 fully saturated rings. The molecule has 1 saturated heterocycles. The number of aliphatic imine (C=N–C) groups is 1. The fourth-order valence-corrected chi connectivity index (χ4v) is 4.25. The van der Waals surface area contributed by atoms with Gasteiger partial charge in [0.15, 0.2) is 15.8 Å². The molecule has 156 valence electrons. The first-order valence-electron chi connectivity index (χ1n) is 9.22. The Morgan fingerprint density at radius 1 is 1.10 bits per heavy atom. The lowest BCUT2D eigenvalue weighted by atomic mass is 10.1. The van der Waals surface area contributed by atoms with Crippen LogP contribution >= 0.6 is 11.6 Å². The van der Waals surface area contributed by atoms with Gasteiger partial charge in [-0.25, -0.2) is 17.8 Å². The summed E-state index contributed by atoms with van der Waals surface area (Å²) in [6.45, 7) is 3.12. The van der Waals surface area contributed by atoms with Crippen molar-refractivity contribution < 1.29 is 12.8 Å². The van der Waals surface area contributed by atoms with Crippen LogP contribution in [-0.2, 0) is 22.1 Å². The fraction of sp³-hybridized carbons (Fsp3) is 0.350. The highest BCUT2D eigenvalue weighted by molar-refractivity contribution is 7.89. The third-order valence-corrected chi connectivity index (χ3v) is 5.88. The summed E-state index contributed by atoms with van der Waals surface area (Å²) < 4.78 is 36.9. The summed E-state index contributed by atoms with van der Waals surface area (Å²) >= 11 is 5.94. The van der Waals surface area contributed by atoms with E-state index in [1.165, 1.54) is 18.2 Å². The Hall–Kier alpha value is -2.32. The number of anilines is 1. The first kappa shape index (κ1) is 21.4. The molecule has 29 heavy (non-hydrogen) atoms. The van der Waals surface area contributed by atoms with Gasteiger partial charge in [0.05, 0.1) is 12.3 Å². The fourth-order valence-electron chi connectivity index (χ4n) is 3.28. The summed E-state index contributed by atoms with van der Waals surface area (Å²) in [5, 5.41) is 0.705. The molecule has 0 unspecified atom stereocenters. The average molecular weight is 439 g/mol. The third-order valence-electron chi connectivity index (χ3n) is 4.79. The van der Waals surface area contributed by atoms with E-state index in [4.69, 9.17) is 17.3 Å². The van der Waals surface area contributed by atoms with E-state index in [-0.39, 0.29) is 12.3 Å². The molecule has 0 atom stereocenters. The molecule has 6 nitrogen and oxygen atoms in total. The van der Waals surface area contributed by atoms with Crippen molar-refractivity contribution in [1.82, 2.24) is 4.90 Å². The van der Waals surface area contributed by atoms with Gasteiger partial charge in [0.2, 0.25) is 0 Å². The Balaban J connectivity index is 1.64. The van der Waals surface area contributed by atoms with E-state index in [1.807, 2.05) is 29.2 Å². The second-order valence-corrected chi connectivity index (χ2v) is 9.68. The number of hydrogen-bond acceptors (Lipinski definition) is 4. The molecule has 2 aromatic carbocycles. The Morgan fingerprint density at radius 3 is 2.38 bits per heavy atom. The van der Waals surface area contributed by atoms with Crippen LogP contribution < -0.4 is 10.6 Å². The van der Waals surface area contributed by atoms with Crippen molar-refractivity contribution in [3.8, 4) is 0 Å². The zero-order chi connectivity index (χ0) is 21.0. The molecule has 3 rings (SSSR count). The maximum Gasteiger partial charge on any atom is 0.191 e. The van der Waals surface area contributed by atoms with Crippen LogP contribution in [0.2, 0.25) is 5.02 Å². The van der Waals surface area contributed by atoms with Crippen molar-refractivity contribution in [3.05, 3.63) is 64.4 Å². The maximum absolute atomic E-state index is 13.6. The molecule has 1 aliphatic rings. The van der Waals surface area contributed by atoms with E-state index < -0.39 is 15.7 Å². The van der Waals surface area contributed by atoms with Crippen LogP contribution in [-0.4, -0.2) is 51.7 Å². The van der Waals surface area contributed by atoms with E-state index in [0.717, 1.165) is 25.0 Å². The van der Waals surface area contributed by atoms with Gasteiger partial charge in [0.25, 0.3) is 0 Å². The van der Waals surface area contributed by atoms with Crippen LogP contribution in [0.4, 0.5) is 10.1 Å². The molecule has 2 aromatic rings. The van der Waals surface area contributed by atoms with Gasteiger partial charge in [-0.2, -0.15) is 0 Å². The van der Waals surface area contributed by atoms with Crippen molar-refractivity contribution in [2.24, 2.45) is 10.7 Å². The quantitative estimate of drug-likeness (QED) is 0.573. The SMILES string of the molecule is CS(=O)(=O)Cc1ccc(F)cc1CN=C(N)N1CCN(c2ccc(Cl)cc2)CC1. The Morgan fingerprint density at radius 2 is 1.76 bits per heavy atom. The standard InChI is InChI=1S/C20H24ClFN4O2S/c1-29(27,28)14-15-2-5-18(22)12-16(15)13-24-20(23)26-10-8-25(9-11-26)19-6-3-17(21)4-7-19/h2-7,12H,8-11,13-14H2,1H3,(H2,23,24). The summed E-state index contributed by atoms with van der Waals surface area (Å²) in [4.78, 5) is 8.60. The Bertz CT molecular complexity index is 988. The molecule has 1 aliphatic heterocycles. The molecule has 0 radical (unpaired) electrons. The number of halogens is 2. The summed E-state index contributed by atoms with van der Waals surface area (Å²) in [7, 11) is -3.23. The molecule has 0 saturated carbocycles. The normalized spacial score (nSPS) is 15.6. The lowest BCUT2D eigenvalue weighted by molar-refractivity contribution is 0.380. The van der Waals surface area contributed by atoms with Crippen LogP contribution in [0.1, 0.15) is 11.1 Å². The third kappa shape index (κ3) is 6.08. The van der Waals surface area contributed by atoms with Crippen molar-refractivity contribution in [1.29, 1.82) is 0 Å². The molecule has 2 N–H and O–H groups in total. The van der Waals surface area contributed by atoms with Crippen LogP contribution in [0.3, 0.4) is 0 Å². The molecule has 1 heterocycles. The number of nitrogens with two attached hydrogens (primary N) is 1. The lowest BCUT2D eigenvalue weighted by Gasteiger charge is -2.36. The van der Waals surface area contributed by atoms with Crippen molar-refractivity contribution in [3.63, 3.8) is 0 Å². The van der Waals surface area contributed by atoms with Gasteiger partial charge in [-0.05, 0) is 47.5 Å². The van der Waals surface area contributed by atoms with Gasteiger partial charge in [0, 0.05) is 43.1 Å². The molecular weight excluding hydrogens is 415 g/mol. The van der Waals surface area contributed by atoms with Crippen molar-refractivity contribution in [2.75, 3.05) is 37.3 Å². The highest BCUT2D eigenvalue weighted by Crippen LogP contribution is 2.20. The Kier molecular flexibility index (Phi) is 6.64. The van der Waals surface area contributed by atoms with E-state index in [9.17, 15) is 12.8 Å². The summed E-state index contributed by atoms with van der Waals surface area (Å²) in [6, 6.07) is 11.8. The molecule has 0 aliphatic carbocycles. The predicted molar refractivity (Wildman–Crippen MR) is 116 cm³/mol. The van der Waals surface area contributed by atoms with Crippen LogP contribution in [0, 0.1) is 5.82 Å². The number of rotatable bonds is 5. The average Bonchev–Trinajstić information content (AvgIpc) is 2.67. The highest BCUT2D eigenvalue weighted by atomic mass is 35.5. The minimum absolute atomic E-state index is 0.131. The zero-order valence-corrected chi connectivity index (χ0v) is 17.8. The second kappa shape index (κ2) is 9.00. The minimum atomic E-state index is -3.23. The summed E-state index contributed by atoms with van der Waals surface area (Å²) in [5.74, 6) is -0.212. The number of benzene rings is 2. The lowest BCUT2D eigenvalue weighted by Crippen LogP contribution is -2.51. The summed E-state index contributed by atoms with van der Waals surface area (Å²) in [6.07, 6.45) is 1.15. The highest BCUT2D eigenvalue weighted by Gasteiger charge is 2.19. The van der Waals surface area contributed by atoms with Gasteiger partial charge in [-0.3, -0.25) is 0 Å². The van der Waals surface area contributed by atoms with Crippen molar-refractivity contribution >= 4 is 33.1 Å². The predicted octanol–water partition coefficient (Wildman–Crippen LogP) is 2.66. The van der Waals surface area contributed by atoms with Gasteiger partial charge >= 0.3 is 0 Å². The van der Waals surface area contributed by atoms with E-state index in [1.54, 1.807) is 0 Å². The molecular formula is C20H24ClFN4O2S. The molecule has 0 spiro atoms. The van der Waals surface area contributed by atoms with E-state index in [2.05, 4.69) is 9.89 Å². The van der Waals surface area contributed by atoms with E-state index >= 15 is 0 Å². The number of guanidine groups is 1. The molecule has 9 heteroatoms. The number of nitrogens with zero attached hydrogens (tertiary/aromatic N) is 3. The van der Waals surface area contributed by atoms with E-state index in [0.29, 0.717) is 35.2 Å². The first-order valence-corrected chi connectivity index (χ1v) is 11.7. The van der Waals surface area contributed by atoms with Gasteiger partial charge in [0.1, 0.15) is 5.82 Å². The van der Waals surface area contributed by atoms with Gasteiger partial charge < -0.3 is 15.5 Å². The molecule has 0 amide bonds. The zero-order valence-electron chi connectivity index (χ0n) is 16.2. The van der Waals surface area contributed by atoms with Gasteiger partial charge in [-0.15, -0.1) is 0 Å².